The first-order valence-electron chi connectivity index (χ1n) is 7.09. The number of carboxylic acids is 1. The molecule has 0 saturated heterocycles. The molecule has 2 aromatic rings. The molecule has 2 aromatic heterocycles. The minimum absolute atomic E-state index is 0.191. The largest absolute Gasteiger partial charge is 0.481 e. The van der Waals surface area contributed by atoms with Gasteiger partial charge in [-0.15, -0.1) is 5.10 Å². The SMILES string of the molecule is CCCc1noc(Cn2cc(CCCCC(=O)O)nn2)n1. The van der Waals surface area contributed by atoms with Crippen molar-refractivity contribution in [2.24, 2.45) is 0 Å². The lowest BCUT2D eigenvalue weighted by Gasteiger charge is -1.95. The maximum absolute atomic E-state index is 10.4. The Bertz CT molecular complexity index is 578. The number of aliphatic carboxylic acids is 1. The monoisotopic (exact) mass is 293 g/mol. The molecule has 0 radical (unpaired) electrons. The Balaban J connectivity index is 1.80. The van der Waals surface area contributed by atoms with Crippen LogP contribution in [0.2, 0.25) is 0 Å². The van der Waals surface area contributed by atoms with Gasteiger partial charge >= 0.3 is 5.97 Å². The van der Waals surface area contributed by atoms with Gasteiger partial charge in [-0.3, -0.25) is 4.79 Å². The van der Waals surface area contributed by atoms with Crippen molar-refractivity contribution in [2.45, 2.75) is 52.0 Å². The number of rotatable bonds is 9. The number of carboxylic acid groups (broad SMARTS) is 1. The number of carbonyl (C=O) groups is 1. The van der Waals surface area contributed by atoms with Crippen molar-refractivity contribution in [3.05, 3.63) is 23.6 Å². The molecule has 8 nitrogen and oxygen atoms in total. The molecule has 2 heterocycles. The Morgan fingerprint density at radius 2 is 2.24 bits per heavy atom. The highest BCUT2D eigenvalue weighted by Crippen LogP contribution is 2.06. The van der Waals surface area contributed by atoms with Crippen molar-refractivity contribution in [3.8, 4) is 0 Å². The Hall–Kier alpha value is -2.25. The fourth-order valence-corrected chi connectivity index (χ4v) is 1.93. The number of aryl methyl sites for hydroxylation is 2. The quantitative estimate of drug-likeness (QED) is 0.697. The zero-order valence-electron chi connectivity index (χ0n) is 12.0. The highest BCUT2D eigenvalue weighted by Gasteiger charge is 2.08. The van der Waals surface area contributed by atoms with E-state index < -0.39 is 5.97 Å². The number of hydrogen-bond donors (Lipinski definition) is 1. The maximum Gasteiger partial charge on any atom is 0.303 e. The lowest BCUT2D eigenvalue weighted by Crippen LogP contribution is -2.01. The Morgan fingerprint density at radius 1 is 1.38 bits per heavy atom. The molecule has 8 heteroatoms. The third-order valence-corrected chi connectivity index (χ3v) is 2.94. The second-order valence-corrected chi connectivity index (χ2v) is 4.86. The molecule has 0 atom stereocenters. The Labute approximate surface area is 122 Å². The van der Waals surface area contributed by atoms with E-state index in [4.69, 9.17) is 9.63 Å². The van der Waals surface area contributed by atoms with E-state index >= 15 is 0 Å². The molecule has 0 fully saturated rings. The molecule has 0 aliphatic carbocycles. The van der Waals surface area contributed by atoms with Crippen LogP contribution in [0.25, 0.3) is 0 Å². The van der Waals surface area contributed by atoms with Gasteiger partial charge in [0.15, 0.2) is 5.82 Å². The van der Waals surface area contributed by atoms with Crippen LogP contribution in [0.1, 0.15) is 50.0 Å². The number of nitrogens with zero attached hydrogens (tertiary/aromatic N) is 5. The average Bonchev–Trinajstić information content (AvgIpc) is 3.05. The molecule has 1 N–H and O–H groups in total. The molecule has 0 aliphatic rings. The topological polar surface area (TPSA) is 107 Å². The second kappa shape index (κ2) is 7.51. The van der Waals surface area contributed by atoms with Gasteiger partial charge in [-0.1, -0.05) is 17.3 Å². The predicted octanol–water partition coefficient (Wildman–Crippen LogP) is 1.46. The van der Waals surface area contributed by atoms with E-state index in [2.05, 4.69) is 27.4 Å². The summed E-state index contributed by atoms with van der Waals surface area (Å²) < 4.78 is 6.79. The molecule has 0 amide bonds. The van der Waals surface area contributed by atoms with Gasteiger partial charge in [-0.05, 0) is 25.7 Å². The minimum atomic E-state index is -0.766. The lowest BCUT2D eigenvalue weighted by molar-refractivity contribution is -0.137. The molecule has 114 valence electrons. The van der Waals surface area contributed by atoms with Crippen LogP contribution in [0.5, 0.6) is 0 Å². The van der Waals surface area contributed by atoms with Crippen molar-refractivity contribution in [1.82, 2.24) is 25.1 Å². The summed E-state index contributed by atoms with van der Waals surface area (Å²) in [5, 5.41) is 20.5. The van der Waals surface area contributed by atoms with Gasteiger partial charge in [0.25, 0.3) is 0 Å². The van der Waals surface area contributed by atoms with Crippen LogP contribution < -0.4 is 0 Å². The summed E-state index contributed by atoms with van der Waals surface area (Å²) in [6.45, 7) is 2.46. The summed E-state index contributed by atoms with van der Waals surface area (Å²) in [6.07, 6.45) is 5.94. The van der Waals surface area contributed by atoms with Crippen LogP contribution in [0.3, 0.4) is 0 Å². The molecular formula is C13H19N5O3. The zero-order chi connectivity index (χ0) is 15.1. The van der Waals surface area contributed by atoms with E-state index in [-0.39, 0.29) is 6.42 Å². The lowest BCUT2D eigenvalue weighted by atomic mass is 10.1. The molecule has 0 aromatic carbocycles. The van der Waals surface area contributed by atoms with Crippen LogP contribution in [0.4, 0.5) is 0 Å². The van der Waals surface area contributed by atoms with Crippen molar-refractivity contribution in [3.63, 3.8) is 0 Å². The van der Waals surface area contributed by atoms with Crippen molar-refractivity contribution in [1.29, 1.82) is 0 Å². The van der Waals surface area contributed by atoms with E-state index in [1.807, 2.05) is 6.20 Å². The molecule has 0 spiro atoms. The first-order valence-corrected chi connectivity index (χ1v) is 7.09. The van der Waals surface area contributed by atoms with E-state index in [1.165, 1.54) is 0 Å². The summed E-state index contributed by atoms with van der Waals surface area (Å²) in [5.41, 5.74) is 0.841. The van der Waals surface area contributed by atoms with Gasteiger partial charge in [0.2, 0.25) is 5.89 Å². The van der Waals surface area contributed by atoms with Crippen LogP contribution in [0, 0.1) is 0 Å². The third kappa shape index (κ3) is 4.97. The first-order chi connectivity index (χ1) is 10.2. The second-order valence-electron chi connectivity index (χ2n) is 4.86. The fourth-order valence-electron chi connectivity index (χ4n) is 1.93. The van der Waals surface area contributed by atoms with Gasteiger partial charge in [-0.2, -0.15) is 4.98 Å². The molecular weight excluding hydrogens is 274 g/mol. The molecule has 0 unspecified atom stereocenters. The van der Waals surface area contributed by atoms with Gasteiger partial charge < -0.3 is 9.63 Å². The molecule has 0 aliphatic heterocycles. The smallest absolute Gasteiger partial charge is 0.303 e. The highest BCUT2D eigenvalue weighted by atomic mass is 16.5. The molecule has 0 saturated carbocycles. The summed E-state index contributed by atoms with van der Waals surface area (Å²) in [4.78, 5) is 14.7. The summed E-state index contributed by atoms with van der Waals surface area (Å²) in [5.74, 6) is 0.459. The molecule has 21 heavy (non-hydrogen) atoms. The van der Waals surface area contributed by atoms with E-state index in [0.29, 0.717) is 24.7 Å². The van der Waals surface area contributed by atoms with Crippen molar-refractivity contribution < 1.29 is 14.4 Å². The summed E-state index contributed by atoms with van der Waals surface area (Å²) in [6, 6.07) is 0. The standard InChI is InChI=1S/C13H19N5O3/c1-2-5-11-14-12(21-16-11)9-18-8-10(15-17-18)6-3-4-7-13(19)20/h8H,2-7,9H2,1H3,(H,19,20). The zero-order valence-corrected chi connectivity index (χ0v) is 12.0. The highest BCUT2D eigenvalue weighted by molar-refractivity contribution is 5.66. The Morgan fingerprint density at radius 3 is 3.00 bits per heavy atom. The van der Waals surface area contributed by atoms with Gasteiger partial charge in [-0.25, -0.2) is 4.68 Å². The van der Waals surface area contributed by atoms with E-state index in [0.717, 1.165) is 31.4 Å². The molecule has 2 rings (SSSR count). The first kappa shape index (κ1) is 15.1. The van der Waals surface area contributed by atoms with Crippen molar-refractivity contribution >= 4 is 5.97 Å². The van der Waals surface area contributed by atoms with Crippen LogP contribution in [-0.2, 0) is 24.2 Å². The van der Waals surface area contributed by atoms with Gasteiger partial charge in [0.1, 0.15) is 6.54 Å². The maximum atomic E-state index is 10.4. The Kier molecular flexibility index (Phi) is 5.42. The number of unbranched alkanes of at least 4 members (excludes halogenated alkanes) is 1. The number of aromatic nitrogens is 5. The van der Waals surface area contributed by atoms with E-state index in [9.17, 15) is 4.79 Å². The van der Waals surface area contributed by atoms with E-state index in [1.54, 1.807) is 4.68 Å². The van der Waals surface area contributed by atoms with Gasteiger partial charge in [0, 0.05) is 19.0 Å². The van der Waals surface area contributed by atoms with Crippen molar-refractivity contribution in [2.75, 3.05) is 0 Å². The summed E-state index contributed by atoms with van der Waals surface area (Å²) >= 11 is 0. The third-order valence-electron chi connectivity index (χ3n) is 2.94. The average molecular weight is 293 g/mol. The summed E-state index contributed by atoms with van der Waals surface area (Å²) in [7, 11) is 0. The minimum Gasteiger partial charge on any atom is -0.481 e. The number of hydrogen-bond acceptors (Lipinski definition) is 6. The fraction of sp³-hybridized carbons (Fsp3) is 0.615. The predicted molar refractivity (Wildman–Crippen MR) is 72.6 cm³/mol. The normalized spacial score (nSPS) is 10.9. The van der Waals surface area contributed by atoms with Gasteiger partial charge in [0.05, 0.1) is 5.69 Å². The van der Waals surface area contributed by atoms with Crippen LogP contribution >= 0.6 is 0 Å². The molecule has 0 bridgehead atoms. The van der Waals surface area contributed by atoms with Crippen LogP contribution in [-0.4, -0.2) is 36.2 Å². The van der Waals surface area contributed by atoms with Crippen LogP contribution in [0.15, 0.2) is 10.7 Å².